The molecule has 1 aromatic carbocycles. The van der Waals surface area contributed by atoms with Crippen LogP contribution >= 0.6 is 35.0 Å². The van der Waals surface area contributed by atoms with Gasteiger partial charge in [0.25, 0.3) is 0 Å². The number of nitrogens with two attached hydrogens (primary N) is 1. The maximum atomic E-state index is 6.04. The van der Waals surface area contributed by atoms with E-state index in [2.05, 4.69) is 4.98 Å². The smallest absolute Gasteiger partial charge is 0.101 e. The van der Waals surface area contributed by atoms with E-state index >= 15 is 0 Å². The summed E-state index contributed by atoms with van der Waals surface area (Å²) in [4.78, 5) is 5.40. The van der Waals surface area contributed by atoms with Crippen molar-refractivity contribution >= 4 is 35.0 Å². The Morgan fingerprint density at radius 2 is 1.95 bits per heavy atom. The Labute approximate surface area is 127 Å². The molecule has 0 radical (unpaired) electrons. The first kappa shape index (κ1) is 14.7. The summed E-state index contributed by atoms with van der Waals surface area (Å²) in [7, 11) is 0. The number of hydrogen-bond acceptors (Lipinski definition) is 3. The van der Waals surface area contributed by atoms with E-state index in [0.717, 1.165) is 26.9 Å². The van der Waals surface area contributed by atoms with Gasteiger partial charge in [-0.15, -0.1) is 0 Å². The van der Waals surface area contributed by atoms with Gasteiger partial charge in [0.05, 0.1) is 5.02 Å². The predicted molar refractivity (Wildman–Crippen MR) is 82.2 cm³/mol. The van der Waals surface area contributed by atoms with E-state index in [9.17, 15) is 0 Å². The van der Waals surface area contributed by atoms with Gasteiger partial charge >= 0.3 is 0 Å². The standard InChI is InChI=1S/C14H14Cl2N2S/c1-9(17)6-10-7-11(15)2-4-13(10)19-14-5-3-12(16)8-18-14/h2-5,7-9H,6,17H2,1H3. The maximum absolute atomic E-state index is 6.04. The molecule has 0 aliphatic rings. The summed E-state index contributed by atoms with van der Waals surface area (Å²) >= 11 is 13.5. The van der Waals surface area contributed by atoms with Crippen molar-refractivity contribution in [1.29, 1.82) is 0 Å². The Hall–Kier alpha value is -0.740. The zero-order valence-corrected chi connectivity index (χ0v) is 12.8. The van der Waals surface area contributed by atoms with Gasteiger partial charge in [-0.3, -0.25) is 0 Å². The van der Waals surface area contributed by atoms with Crippen molar-refractivity contribution in [3.05, 3.63) is 52.1 Å². The Morgan fingerprint density at radius 3 is 2.58 bits per heavy atom. The van der Waals surface area contributed by atoms with Gasteiger partial charge in [-0.05, 0) is 49.2 Å². The summed E-state index contributed by atoms with van der Waals surface area (Å²) in [6.07, 6.45) is 2.43. The zero-order chi connectivity index (χ0) is 13.8. The summed E-state index contributed by atoms with van der Waals surface area (Å²) < 4.78 is 0. The summed E-state index contributed by atoms with van der Waals surface area (Å²) in [6, 6.07) is 9.67. The SMILES string of the molecule is CC(N)Cc1cc(Cl)ccc1Sc1ccc(Cl)cn1. The fourth-order valence-corrected chi connectivity index (χ4v) is 2.87. The van der Waals surface area contributed by atoms with Crippen molar-refractivity contribution in [2.75, 3.05) is 0 Å². The maximum Gasteiger partial charge on any atom is 0.101 e. The molecule has 0 bridgehead atoms. The second kappa shape index (κ2) is 6.62. The fraction of sp³-hybridized carbons (Fsp3) is 0.214. The summed E-state index contributed by atoms with van der Waals surface area (Å²) in [6.45, 7) is 1.98. The van der Waals surface area contributed by atoms with Crippen molar-refractivity contribution in [2.45, 2.75) is 29.3 Å². The molecule has 0 spiro atoms. The second-order valence-electron chi connectivity index (χ2n) is 4.35. The first-order chi connectivity index (χ1) is 9.04. The first-order valence-electron chi connectivity index (χ1n) is 5.88. The minimum Gasteiger partial charge on any atom is -0.328 e. The largest absolute Gasteiger partial charge is 0.328 e. The van der Waals surface area contributed by atoms with Gasteiger partial charge in [0.1, 0.15) is 5.03 Å². The van der Waals surface area contributed by atoms with Crippen LogP contribution in [0.25, 0.3) is 0 Å². The average molecular weight is 313 g/mol. The molecule has 2 nitrogen and oxygen atoms in total. The number of aromatic nitrogens is 1. The molecule has 2 aromatic rings. The van der Waals surface area contributed by atoms with Gasteiger partial charge in [-0.2, -0.15) is 0 Å². The molecule has 0 aliphatic heterocycles. The van der Waals surface area contributed by atoms with Gasteiger partial charge in [0, 0.05) is 22.2 Å². The van der Waals surface area contributed by atoms with Crippen molar-refractivity contribution in [3.8, 4) is 0 Å². The van der Waals surface area contributed by atoms with Gasteiger partial charge < -0.3 is 5.73 Å². The van der Waals surface area contributed by atoms with Gasteiger partial charge in [0.15, 0.2) is 0 Å². The van der Waals surface area contributed by atoms with Crippen LogP contribution in [0, 0.1) is 0 Å². The molecule has 100 valence electrons. The second-order valence-corrected chi connectivity index (χ2v) is 6.29. The van der Waals surface area contributed by atoms with Crippen LogP contribution in [0.4, 0.5) is 0 Å². The molecule has 1 heterocycles. The zero-order valence-electron chi connectivity index (χ0n) is 10.4. The summed E-state index contributed by atoms with van der Waals surface area (Å²) in [5.74, 6) is 0. The highest BCUT2D eigenvalue weighted by Crippen LogP contribution is 2.31. The Balaban J connectivity index is 2.26. The van der Waals surface area contributed by atoms with Crippen LogP contribution in [0.1, 0.15) is 12.5 Å². The van der Waals surface area contributed by atoms with Crippen molar-refractivity contribution in [3.63, 3.8) is 0 Å². The van der Waals surface area contributed by atoms with Crippen LogP contribution in [0.3, 0.4) is 0 Å². The van der Waals surface area contributed by atoms with E-state index in [4.69, 9.17) is 28.9 Å². The van der Waals surface area contributed by atoms with Gasteiger partial charge in [-0.25, -0.2) is 4.98 Å². The quantitative estimate of drug-likeness (QED) is 0.907. The van der Waals surface area contributed by atoms with Crippen molar-refractivity contribution < 1.29 is 0 Å². The third-order valence-electron chi connectivity index (χ3n) is 2.48. The van der Waals surface area contributed by atoms with Gasteiger partial charge in [0.2, 0.25) is 0 Å². The molecule has 0 amide bonds. The lowest BCUT2D eigenvalue weighted by Gasteiger charge is -2.11. The molecule has 0 aliphatic carbocycles. The molecule has 19 heavy (non-hydrogen) atoms. The van der Waals surface area contributed by atoms with Crippen LogP contribution in [0.5, 0.6) is 0 Å². The average Bonchev–Trinajstić information content (AvgIpc) is 2.34. The van der Waals surface area contributed by atoms with Crippen LogP contribution in [0.15, 0.2) is 46.5 Å². The summed E-state index contributed by atoms with van der Waals surface area (Å²) in [5, 5.41) is 2.26. The van der Waals surface area contributed by atoms with Crippen molar-refractivity contribution in [2.24, 2.45) is 5.73 Å². The Morgan fingerprint density at radius 1 is 1.21 bits per heavy atom. The lowest BCUT2D eigenvalue weighted by molar-refractivity contribution is 0.729. The number of halogens is 2. The van der Waals surface area contributed by atoms with E-state index < -0.39 is 0 Å². The van der Waals surface area contributed by atoms with E-state index in [1.807, 2.05) is 37.3 Å². The highest BCUT2D eigenvalue weighted by atomic mass is 35.5. The molecule has 0 fully saturated rings. The van der Waals surface area contributed by atoms with Crippen LogP contribution in [0.2, 0.25) is 10.0 Å². The third kappa shape index (κ3) is 4.39. The topological polar surface area (TPSA) is 38.9 Å². The molecule has 1 aromatic heterocycles. The van der Waals surface area contributed by atoms with E-state index in [0.29, 0.717) is 5.02 Å². The lowest BCUT2D eigenvalue weighted by atomic mass is 10.1. The number of rotatable bonds is 4. The number of hydrogen-bond donors (Lipinski definition) is 1. The lowest BCUT2D eigenvalue weighted by Crippen LogP contribution is -2.18. The third-order valence-corrected chi connectivity index (χ3v) is 4.01. The van der Waals surface area contributed by atoms with Crippen LogP contribution < -0.4 is 5.73 Å². The number of pyridine rings is 1. The molecular weight excluding hydrogens is 299 g/mol. The fourth-order valence-electron chi connectivity index (χ4n) is 1.69. The highest BCUT2D eigenvalue weighted by molar-refractivity contribution is 7.99. The Bertz CT molecular complexity index is 556. The molecule has 5 heteroatoms. The predicted octanol–water partition coefficient (Wildman–Crippen LogP) is 4.43. The van der Waals surface area contributed by atoms with Crippen molar-refractivity contribution in [1.82, 2.24) is 4.98 Å². The number of benzene rings is 1. The van der Waals surface area contributed by atoms with Gasteiger partial charge in [-0.1, -0.05) is 35.0 Å². The molecule has 0 saturated heterocycles. The summed E-state index contributed by atoms with van der Waals surface area (Å²) in [5.41, 5.74) is 7.01. The molecule has 1 atom stereocenters. The highest BCUT2D eigenvalue weighted by Gasteiger charge is 2.08. The first-order valence-corrected chi connectivity index (χ1v) is 7.45. The molecule has 0 saturated carbocycles. The molecule has 2 rings (SSSR count). The minimum absolute atomic E-state index is 0.0935. The van der Waals surface area contributed by atoms with Crippen LogP contribution in [-0.4, -0.2) is 11.0 Å². The van der Waals surface area contributed by atoms with E-state index in [1.165, 1.54) is 0 Å². The van der Waals surface area contributed by atoms with E-state index in [-0.39, 0.29) is 6.04 Å². The minimum atomic E-state index is 0.0935. The molecule has 1 unspecified atom stereocenters. The normalized spacial score (nSPS) is 12.4. The Kier molecular flexibility index (Phi) is 5.11. The van der Waals surface area contributed by atoms with Crippen LogP contribution in [-0.2, 0) is 6.42 Å². The van der Waals surface area contributed by atoms with E-state index in [1.54, 1.807) is 18.0 Å². The molecular formula is C14H14Cl2N2S. The number of nitrogens with zero attached hydrogens (tertiary/aromatic N) is 1. The molecule has 2 N–H and O–H groups in total. The monoisotopic (exact) mass is 312 g/mol.